The second kappa shape index (κ2) is 3.79. The average molecular weight is 310 g/mol. The Hall–Kier alpha value is -0.140. The minimum atomic E-state index is -4.89. The summed E-state index contributed by atoms with van der Waals surface area (Å²) in [6, 6.07) is 0. The van der Waals surface area contributed by atoms with Crippen LogP contribution in [-0.2, 0) is 15.3 Å². The van der Waals surface area contributed by atoms with Crippen molar-refractivity contribution in [3.8, 4) is 0 Å². The molecule has 0 radical (unpaired) electrons. The SMILES string of the molecule is O=[S@@]1O[C@](O)(C(F)(F)F)CC12C1CC3CC(C1)CC2C3. The van der Waals surface area contributed by atoms with Gasteiger partial charge in [-0.15, -0.1) is 0 Å². The van der Waals surface area contributed by atoms with Gasteiger partial charge in [0.25, 0.3) is 5.79 Å². The van der Waals surface area contributed by atoms with E-state index >= 15 is 0 Å². The van der Waals surface area contributed by atoms with Crippen molar-refractivity contribution in [2.45, 2.75) is 55.2 Å². The standard InChI is InChI=1S/C13H17F3O3S/c14-13(15,16)12(17)6-11(20(18)19-12)9-2-7-1-8(4-9)5-10(11)3-7/h7-10,17H,1-6H2/t7?,8?,9?,10?,11?,12-,20+/m0/s1. The largest absolute Gasteiger partial charge is 0.444 e. The Bertz CT molecular complexity index is 450. The van der Waals surface area contributed by atoms with Crippen LogP contribution in [-0.4, -0.2) is 26.0 Å². The van der Waals surface area contributed by atoms with Crippen molar-refractivity contribution in [3.05, 3.63) is 0 Å². The zero-order chi connectivity index (χ0) is 14.3. The van der Waals surface area contributed by atoms with Crippen LogP contribution in [0.25, 0.3) is 0 Å². The van der Waals surface area contributed by atoms with E-state index in [1.807, 2.05) is 0 Å². The summed E-state index contributed by atoms with van der Waals surface area (Å²) in [7, 11) is 0. The molecular weight excluding hydrogens is 293 g/mol. The fraction of sp³-hybridized carbons (Fsp3) is 1.00. The van der Waals surface area contributed by atoms with E-state index in [-0.39, 0.29) is 11.8 Å². The van der Waals surface area contributed by atoms with Gasteiger partial charge >= 0.3 is 6.18 Å². The van der Waals surface area contributed by atoms with E-state index in [4.69, 9.17) is 0 Å². The monoisotopic (exact) mass is 310 g/mol. The molecule has 1 heterocycles. The molecule has 0 unspecified atom stereocenters. The van der Waals surface area contributed by atoms with Crippen molar-refractivity contribution in [2.24, 2.45) is 23.7 Å². The van der Waals surface area contributed by atoms with Crippen LogP contribution in [0.3, 0.4) is 0 Å². The minimum Gasteiger partial charge on any atom is -0.358 e. The average Bonchev–Trinajstić information content (AvgIpc) is 2.59. The molecule has 3 nitrogen and oxygen atoms in total. The van der Waals surface area contributed by atoms with Crippen molar-refractivity contribution in [1.82, 2.24) is 0 Å². The summed E-state index contributed by atoms with van der Waals surface area (Å²) in [4.78, 5) is 0. The van der Waals surface area contributed by atoms with Gasteiger partial charge in [0.2, 0.25) is 0 Å². The van der Waals surface area contributed by atoms with Crippen LogP contribution in [0.15, 0.2) is 0 Å². The van der Waals surface area contributed by atoms with Gasteiger partial charge in [-0.1, -0.05) is 0 Å². The summed E-state index contributed by atoms with van der Waals surface area (Å²) < 4.78 is 55.0. The van der Waals surface area contributed by atoms with Crippen LogP contribution >= 0.6 is 0 Å². The first kappa shape index (κ1) is 13.5. The van der Waals surface area contributed by atoms with E-state index in [1.54, 1.807) is 0 Å². The smallest absolute Gasteiger partial charge is 0.358 e. The van der Waals surface area contributed by atoms with Gasteiger partial charge in [-0.3, -0.25) is 0 Å². The number of hydrogen-bond acceptors (Lipinski definition) is 3. The highest BCUT2D eigenvalue weighted by Crippen LogP contribution is 2.65. The Morgan fingerprint density at radius 2 is 1.55 bits per heavy atom. The fourth-order valence-corrected chi connectivity index (χ4v) is 7.16. The first-order chi connectivity index (χ1) is 9.24. The molecule has 4 aliphatic carbocycles. The van der Waals surface area contributed by atoms with E-state index in [1.165, 1.54) is 6.42 Å². The van der Waals surface area contributed by atoms with Gasteiger partial charge in [0.1, 0.15) is 0 Å². The lowest BCUT2D eigenvalue weighted by Crippen LogP contribution is -2.59. The highest BCUT2D eigenvalue weighted by atomic mass is 32.2. The molecule has 114 valence electrons. The van der Waals surface area contributed by atoms with Crippen LogP contribution in [0, 0.1) is 23.7 Å². The van der Waals surface area contributed by atoms with E-state index in [9.17, 15) is 22.5 Å². The normalized spacial score (nSPS) is 57.7. The maximum absolute atomic E-state index is 13.0. The highest BCUT2D eigenvalue weighted by molar-refractivity contribution is 7.82. The molecule has 5 aliphatic rings. The Morgan fingerprint density at radius 3 is 1.95 bits per heavy atom. The maximum Gasteiger partial charge on any atom is 0.444 e. The molecule has 1 aliphatic heterocycles. The molecule has 20 heavy (non-hydrogen) atoms. The maximum atomic E-state index is 13.0. The van der Waals surface area contributed by atoms with Crippen LogP contribution in [0.5, 0.6) is 0 Å². The summed E-state index contributed by atoms with van der Waals surface area (Å²) in [6.45, 7) is 0. The zero-order valence-corrected chi connectivity index (χ0v) is 11.7. The van der Waals surface area contributed by atoms with Crippen LogP contribution < -0.4 is 0 Å². The quantitative estimate of drug-likeness (QED) is 0.748. The minimum absolute atomic E-state index is 0.0101. The second-order valence-corrected chi connectivity index (χ2v) is 8.43. The lowest BCUT2D eigenvalue weighted by atomic mass is 9.50. The summed E-state index contributed by atoms with van der Waals surface area (Å²) in [5.74, 6) is -2.07. The molecule has 5 fully saturated rings. The van der Waals surface area contributed by atoms with Crippen LogP contribution in [0.1, 0.15) is 38.5 Å². The molecule has 1 saturated heterocycles. The Kier molecular flexibility index (Phi) is 2.56. The number of alkyl halides is 3. The molecule has 0 aromatic carbocycles. The van der Waals surface area contributed by atoms with Crippen molar-refractivity contribution in [3.63, 3.8) is 0 Å². The van der Waals surface area contributed by atoms with Gasteiger partial charge in [0, 0.05) is 6.42 Å². The molecule has 0 amide bonds. The van der Waals surface area contributed by atoms with Crippen molar-refractivity contribution in [1.29, 1.82) is 0 Å². The number of halogens is 3. The molecule has 5 rings (SSSR count). The first-order valence-corrected chi connectivity index (χ1v) is 8.22. The van der Waals surface area contributed by atoms with Gasteiger partial charge < -0.3 is 5.11 Å². The molecule has 1 spiro atoms. The van der Waals surface area contributed by atoms with E-state index < -0.39 is 34.2 Å². The van der Waals surface area contributed by atoms with Crippen LogP contribution in [0.4, 0.5) is 13.2 Å². The second-order valence-electron chi connectivity index (χ2n) is 7.04. The van der Waals surface area contributed by atoms with E-state index in [0.29, 0.717) is 11.8 Å². The molecule has 2 atom stereocenters. The number of rotatable bonds is 0. The lowest BCUT2D eigenvalue weighted by molar-refractivity contribution is -0.331. The predicted octanol–water partition coefficient (Wildman–Crippen LogP) is 2.52. The summed E-state index contributed by atoms with van der Waals surface area (Å²) in [6.07, 6.45) is -0.899. The van der Waals surface area contributed by atoms with Gasteiger partial charge in [0.05, 0.1) is 4.75 Å². The third-order valence-electron chi connectivity index (χ3n) is 6.00. The predicted molar refractivity (Wildman–Crippen MR) is 64.6 cm³/mol. The zero-order valence-electron chi connectivity index (χ0n) is 10.9. The molecule has 4 saturated carbocycles. The Balaban J connectivity index is 1.73. The number of hydrogen-bond donors (Lipinski definition) is 1. The first-order valence-electron chi connectivity index (χ1n) is 7.15. The van der Waals surface area contributed by atoms with Crippen LogP contribution in [0.2, 0.25) is 0 Å². The molecular formula is C13H17F3O3S. The molecule has 0 aromatic heterocycles. The third kappa shape index (κ3) is 1.52. The highest BCUT2D eigenvalue weighted by Gasteiger charge is 2.73. The summed E-state index contributed by atoms with van der Waals surface area (Å²) in [5, 5.41) is 9.81. The molecule has 0 aromatic rings. The molecule has 4 bridgehead atoms. The van der Waals surface area contributed by atoms with Crippen molar-refractivity contribution < 1.29 is 26.7 Å². The van der Waals surface area contributed by atoms with Crippen molar-refractivity contribution >= 4 is 11.1 Å². The fourth-order valence-electron chi connectivity index (χ4n) is 5.36. The molecule has 1 N–H and O–H groups in total. The van der Waals surface area contributed by atoms with Gasteiger partial charge in [0.15, 0.2) is 11.1 Å². The molecule has 7 heteroatoms. The van der Waals surface area contributed by atoms with E-state index in [2.05, 4.69) is 4.18 Å². The number of aliphatic hydroxyl groups is 1. The summed E-state index contributed by atoms with van der Waals surface area (Å²) in [5.41, 5.74) is 0. The Morgan fingerprint density at radius 1 is 1.05 bits per heavy atom. The topological polar surface area (TPSA) is 46.5 Å². The van der Waals surface area contributed by atoms with Crippen molar-refractivity contribution in [2.75, 3.05) is 0 Å². The third-order valence-corrected chi connectivity index (χ3v) is 7.86. The lowest BCUT2D eigenvalue weighted by Gasteiger charge is -2.58. The van der Waals surface area contributed by atoms with Gasteiger partial charge in [-0.05, 0) is 55.8 Å². The van der Waals surface area contributed by atoms with E-state index in [0.717, 1.165) is 25.7 Å². The Labute approximate surface area is 117 Å². The van der Waals surface area contributed by atoms with Gasteiger partial charge in [-0.25, -0.2) is 8.39 Å². The summed E-state index contributed by atoms with van der Waals surface area (Å²) >= 11 is -2.06. The van der Waals surface area contributed by atoms with Gasteiger partial charge in [-0.2, -0.15) is 13.2 Å².